The van der Waals surface area contributed by atoms with E-state index in [2.05, 4.69) is 14.5 Å². The van der Waals surface area contributed by atoms with Gasteiger partial charge in [-0.15, -0.1) is 0 Å². The van der Waals surface area contributed by atoms with Crippen LogP contribution >= 0.6 is 0 Å². The van der Waals surface area contributed by atoms with Crippen molar-refractivity contribution in [1.29, 1.82) is 5.26 Å². The first kappa shape index (κ1) is 27.5. The standard InChI is InChI=1S/C32H28FN7O4/c1-42-32(41)21-7-8-26-28(12-21)40(16-24-9-10-43-24)30(35-26)18-39-15-23-14-38(17-27(23)37-39)29-3-2-4-31(36-29)44-19-22-6-5-20(13-34)11-25(22)33/h2-8,11-12,15,24H,9-10,14,16-19H2,1H3/t24-/m0/s1. The molecule has 1 atom stereocenters. The lowest BCUT2D eigenvalue weighted by Crippen LogP contribution is -2.32. The van der Waals surface area contributed by atoms with Gasteiger partial charge in [0.05, 0.1) is 66.8 Å². The lowest BCUT2D eigenvalue weighted by molar-refractivity contribution is -0.0590. The van der Waals surface area contributed by atoms with Crippen molar-refractivity contribution in [2.75, 3.05) is 18.6 Å². The Hall–Kier alpha value is -5.28. The quantitative estimate of drug-likeness (QED) is 0.230. The highest BCUT2D eigenvalue weighted by molar-refractivity contribution is 5.93. The van der Waals surface area contributed by atoms with Crippen LogP contribution in [0, 0.1) is 17.1 Å². The highest BCUT2D eigenvalue weighted by atomic mass is 19.1. The maximum absolute atomic E-state index is 14.3. The summed E-state index contributed by atoms with van der Waals surface area (Å²) in [6.07, 6.45) is 3.13. The molecule has 12 heteroatoms. The molecule has 1 saturated heterocycles. The van der Waals surface area contributed by atoms with Crippen LogP contribution in [-0.2, 0) is 42.3 Å². The van der Waals surface area contributed by atoms with E-state index in [1.807, 2.05) is 41.2 Å². The van der Waals surface area contributed by atoms with E-state index >= 15 is 0 Å². The Labute approximate surface area is 252 Å². The molecule has 3 aromatic heterocycles. The molecule has 5 heterocycles. The van der Waals surface area contributed by atoms with Crippen molar-refractivity contribution in [3.05, 3.63) is 100 Å². The van der Waals surface area contributed by atoms with Crippen LogP contribution in [0.4, 0.5) is 10.2 Å². The van der Waals surface area contributed by atoms with Crippen molar-refractivity contribution < 1.29 is 23.4 Å². The van der Waals surface area contributed by atoms with Crippen LogP contribution in [0.15, 0.2) is 60.8 Å². The highest BCUT2D eigenvalue weighted by Gasteiger charge is 2.26. The molecule has 5 aromatic rings. The number of hydrogen-bond acceptors (Lipinski definition) is 9. The second-order valence-electron chi connectivity index (χ2n) is 10.8. The number of aromatic nitrogens is 5. The fourth-order valence-electron chi connectivity index (χ4n) is 5.52. The van der Waals surface area contributed by atoms with Crippen molar-refractivity contribution in [2.24, 2.45) is 0 Å². The fraction of sp³-hybridized carbons (Fsp3) is 0.281. The maximum atomic E-state index is 14.3. The van der Waals surface area contributed by atoms with E-state index in [1.165, 1.54) is 13.2 Å². The van der Waals surface area contributed by atoms with Gasteiger partial charge < -0.3 is 23.7 Å². The average Bonchev–Trinajstić information content (AvgIpc) is 3.69. The Morgan fingerprint density at radius 1 is 1.16 bits per heavy atom. The monoisotopic (exact) mass is 593 g/mol. The summed E-state index contributed by atoms with van der Waals surface area (Å²) in [5, 5.41) is 13.8. The summed E-state index contributed by atoms with van der Waals surface area (Å²) in [5.74, 6) is 1.07. The SMILES string of the molecule is COC(=O)c1ccc2nc(Cn3cc4c(n3)CN(c3cccc(OCc5ccc(C#N)cc5F)n3)C4)n(C[C@@H]3CCO3)c2c1. The number of nitriles is 1. The van der Waals surface area contributed by atoms with Gasteiger partial charge in [0.25, 0.3) is 0 Å². The number of carbonyl (C=O) groups excluding carboxylic acids is 1. The normalized spacial score (nSPS) is 15.6. The van der Waals surface area contributed by atoms with E-state index in [-0.39, 0.29) is 24.2 Å². The van der Waals surface area contributed by atoms with E-state index < -0.39 is 5.82 Å². The molecule has 0 amide bonds. The number of esters is 1. The molecular weight excluding hydrogens is 565 g/mol. The zero-order chi connectivity index (χ0) is 30.2. The van der Waals surface area contributed by atoms with E-state index in [0.29, 0.717) is 43.2 Å². The van der Waals surface area contributed by atoms with Gasteiger partial charge in [-0.1, -0.05) is 12.1 Å². The summed E-state index contributed by atoms with van der Waals surface area (Å²) in [5.41, 5.74) is 4.80. The number of halogens is 1. The number of anilines is 1. The molecule has 0 aliphatic carbocycles. The zero-order valence-electron chi connectivity index (χ0n) is 23.9. The van der Waals surface area contributed by atoms with Gasteiger partial charge in [-0.3, -0.25) is 4.68 Å². The molecule has 0 unspecified atom stereocenters. The maximum Gasteiger partial charge on any atom is 0.337 e. The number of methoxy groups -OCH3 is 1. The first-order chi connectivity index (χ1) is 21.5. The molecule has 0 spiro atoms. The predicted octanol–water partition coefficient (Wildman–Crippen LogP) is 4.36. The number of nitrogens with zero attached hydrogens (tertiary/aromatic N) is 7. The third-order valence-corrected chi connectivity index (χ3v) is 7.95. The molecule has 2 aliphatic heterocycles. The summed E-state index contributed by atoms with van der Waals surface area (Å²) in [6, 6.07) is 17.1. The van der Waals surface area contributed by atoms with Gasteiger partial charge in [-0.2, -0.15) is 15.3 Å². The van der Waals surface area contributed by atoms with Crippen molar-refractivity contribution in [2.45, 2.75) is 45.3 Å². The van der Waals surface area contributed by atoms with E-state index in [9.17, 15) is 9.18 Å². The summed E-state index contributed by atoms with van der Waals surface area (Å²) in [7, 11) is 1.37. The first-order valence-corrected chi connectivity index (χ1v) is 14.2. The van der Waals surface area contributed by atoms with Crippen LogP contribution in [0.1, 0.15) is 45.0 Å². The molecule has 0 bridgehead atoms. The average molecular weight is 594 g/mol. The zero-order valence-corrected chi connectivity index (χ0v) is 23.9. The number of ether oxygens (including phenoxy) is 3. The lowest BCUT2D eigenvalue weighted by Gasteiger charge is -2.27. The van der Waals surface area contributed by atoms with Crippen LogP contribution in [0.3, 0.4) is 0 Å². The third kappa shape index (κ3) is 5.33. The van der Waals surface area contributed by atoms with Gasteiger partial charge in [-0.25, -0.2) is 14.2 Å². The second kappa shape index (κ2) is 11.4. The Morgan fingerprint density at radius 3 is 2.80 bits per heavy atom. The van der Waals surface area contributed by atoms with Gasteiger partial charge in [0.2, 0.25) is 5.88 Å². The Kier molecular flexibility index (Phi) is 7.15. The molecule has 0 N–H and O–H groups in total. The van der Waals surface area contributed by atoms with Gasteiger partial charge in [0, 0.05) is 36.5 Å². The van der Waals surface area contributed by atoms with E-state index in [4.69, 9.17) is 29.6 Å². The second-order valence-corrected chi connectivity index (χ2v) is 10.8. The minimum absolute atomic E-state index is 0.00244. The number of rotatable bonds is 9. The molecule has 1 fully saturated rings. The molecule has 7 rings (SSSR count). The highest BCUT2D eigenvalue weighted by Crippen LogP contribution is 2.29. The van der Waals surface area contributed by atoms with Crippen molar-refractivity contribution in [1.82, 2.24) is 24.3 Å². The molecule has 11 nitrogen and oxygen atoms in total. The number of fused-ring (bicyclic) bond motifs is 2. The third-order valence-electron chi connectivity index (χ3n) is 7.95. The van der Waals surface area contributed by atoms with Gasteiger partial charge in [-0.05, 0) is 42.8 Å². The first-order valence-electron chi connectivity index (χ1n) is 14.2. The largest absolute Gasteiger partial charge is 0.473 e. The summed E-state index contributed by atoms with van der Waals surface area (Å²) >= 11 is 0. The number of hydrogen-bond donors (Lipinski definition) is 0. The van der Waals surface area contributed by atoms with Crippen LogP contribution in [-0.4, -0.2) is 50.1 Å². The van der Waals surface area contributed by atoms with Crippen LogP contribution < -0.4 is 9.64 Å². The Bertz CT molecular complexity index is 1900. The van der Waals surface area contributed by atoms with Crippen molar-refractivity contribution in [3.63, 3.8) is 0 Å². The van der Waals surface area contributed by atoms with Gasteiger partial charge in [0.15, 0.2) is 0 Å². The molecule has 0 radical (unpaired) electrons. The number of imidazole rings is 1. The smallest absolute Gasteiger partial charge is 0.337 e. The van der Waals surface area contributed by atoms with Crippen molar-refractivity contribution in [3.8, 4) is 11.9 Å². The molecule has 222 valence electrons. The van der Waals surface area contributed by atoms with E-state index in [1.54, 1.807) is 24.3 Å². The summed E-state index contributed by atoms with van der Waals surface area (Å²) < 4.78 is 34.7. The Balaban J connectivity index is 1.05. The predicted molar refractivity (Wildman–Crippen MR) is 156 cm³/mol. The number of carbonyl (C=O) groups is 1. The molecule has 44 heavy (non-hydrogen) atoms. The Morgan fingerprint density at radius 2 is 2.05 bits per heavy atom. The minimum Gasteiger partial charge on any atom is -0.473 e. The number of benzene rings is 2. The molecule has 2 aliphatic rings. The van der Waals surface area contributed by atoms with Crippen LogP contribution in [0.2, 0.25) is 0 Å². The minimum atomic E-state index is -0.486. The fourth-order valence-corrected chi connectivity index (χ4v) is 5.52. The van der Waals surface area contributed by atoms with Crippen molar-refractivity contribution >= 4 is 22.8 Å². The van der Waals surface area contributed by atoms with E-state index in [0.717, 1.165) is 47.0 Å². The lowest BCUT2D eigenvalue weighted by atomic mass is 10.1. The van der Waals surface area contributed by atoms with Crippen LogP contribution in [0.5, 0.6) is 5.88 Å². The van der Waals surface area contributed by atoms with Gasteiger partial charge >= 0.3 is 5.97 Å². The summed E-state index contributed by atoms with van der Waals surface area (Å²) in [4.78, 5) is 23.8. The summed E-state index contributed by atoms with van der Waals surface area (Å²) in [6.45, 7) is 3.08. The van der Waals surface area contributed by atoms with Crippen LogP contribution in [0.25, 0.3) is 11.0 Å². The molecular formula is C32H28FN7O4. The number of pyridine rings is 1. The molecule has 2 aromatic carbocycles. The molecule has 0 saturated carbocycles. The topological polar surface area (TPSA) is 120 Å². The van der Waals surface area contributed by atoms with Gasteiger partial charge in [0.1, 0.15) is 24.1 Å².